The molecule has 0 heterocycles. The van der Waals surface area contributed by atoms with Gasteiger partial charge < -0.3 is 14.8 Å². The Morgan fingerprint density at radius 1 is 0.714 bits per heavy atom. The van der Waals surface area contributed by atoms with E-state index in [1.165, 1.54) is 0 Å². The molecule has 0 atom stereocenters. The average molecular weight is 493 g/mol. The summed E-state index contributed by atoms with van der Waals surface area (Å²) in [7, 11) is 1.58. The molecule has 4 N–H and O–H groups in total. The molecule has 0 aliphatic carbocycles. The molecule has 3 rings (SSSR count). The van der Waals surface area contributed by atoms with Crippen LogP contribution >= 0.6 is 12.2 Å². The molecule has 0 radical (unpaired) electrons. The smallest absolute Gasteiger partial charge is 0.269 e. The van der Waals surface area contributed by atoms with Gasteiger partial charge in [0, 0.05) is 29.5 Å². The van der Waals surface area contributed by atoms with Gasteiger partial charge in [-0.05, 0) is 72.9 Å². The molecule has 0 spiro atoms. The SMILES string of the molecule is COCCOc1ccc(C(=O)NC(=S)NNC(=O)c2ccc(NC(=O)c3ccccc3)cc2)cc1. The number of carbonyl (C=O) groups excluding carboxylic acids is 3. The zero-order valence-electron chi connectivity index (χ0n) is 18.9. The van der Waals surface area contributed by atoms with E-state index in [-0.39, 0.29) is 11.0 Å². The molecule has 0 saturated carbocycles. The summed E-state index contributed by atoms with van der Waals surface area (Å²) in [5.41, 5.74) is 6.67. The molecule has 0 fully saturated rings. The van der Waals surface area contributed by atoms with E-state index in [1.54, 1.807) is 79.9 Å². The van der Waals surface area contributed by atoms with Gasteiger partial charge in [0.2, 0.25) is 0 Å². The van der Waals surface area contributed by atoms with Crippen LogP contribution in [0.15, 0.2) is 78.9 Å². The van der Waals surface area contributed by atoms with Crippen molar-refractivity contribution in [1.82, 2.24) is 16.2 Å². The van der Waals surface area contributed by atoms with Gasteiger partial charge in [0.1, 0.15) is 12.4 Å². The van der Waals surface area contributed by atoms with Crippen molar-refractivity contribution in [3.63, 3.8) is 0 Å². The zero-order valence-corrected chi connectivity index (χ0v) is 19.7. The molecule has 0 saturated heterocycles. The Morgan fingerprint density at radius 2 is 1.31 bits per heavy atom. The van der Waals surface area contributed by atoms with Gasteiger partial charge in [0.25, 0.3) is 17.7 Å². The van der Waals surface area contributed by atoms with E-state index in [2.05, 4.69) is 21.5 Å². The minimum absolute atomic E-state index is 0.0736. The standard InChI is InChI=1S/C25H24N4O5S/c1-33-15-16-34-21-13-9-18(10-14-21)23(31)27-25(35)29-28-24(32)19-7-11-20(12-8-19)26-22(30)17-5-3-2-4-6-17/h2-14H,15-16H2,1H3,(H,26,30)(H,28,32)(H2,27,29,31,35). The summed E-state index contributed by atoms with van der Waals surface area (Å²) >= 11 is 5.07. The van der Waals surface area contributed by atoms with Crippen LogP contribution in [0, 0.1) is 0 Å². The molecular formula is C25H24N4O5S. The third-order valence-electron chi connectivity index (χ3n) is 4.63. The third kappa shape index (κ3) is 7.91. The highest BCUT2D eigenvalue weighted by Gasteiger charge is 2.11. The van der Waals surface area contributed by atoms with Crippen molar-refractivity contribution in [3.8, 4) is 5.75 Å². The number of nitrogens with one attached hydrogen (secondary N) is 4. The lowest BCUT2D eigenvalue weighted by Crippen LogP contribution is -2.48. The summed E-state index contributed by atoms with van der Waals surface area (Å²) in [6.07, 6.45) is 0. The van der Waals surface area contributed by atoms with Gasteiger partial charge >= 0.3 is 0 Å². The van der Waals surface area contributed by atoms with Crippen LogP contribution in [-0.4, -0.2) is 43.2 Å². The van der Waals surface area contributed by atoms with E-state index in [4.69, 9.17) is 21.7 Å². The number of thiocarbonyl (C=S) groups is 1. The van der Waals surface area contributed by atoms with Gasteiger partial charge in [-0.3, -0.25) is 30.6 Å². The number of carbonyl (C=O) groups is 3. The van der Waals surface area contributed by atoms with E-state index < -0.39 is 11.8 Å². The number of benzene rings is 3. The van der Waals surface area contributed by atoms with Gasteiger partial charge in [0.05, 0.1) is 6.61 Å². The van der Waals surface area contributed by atoms with Crippen LogP contribution in [0.5, 0.6) is 5.75 Å². The Morgan fingerprint density at radius 3 is 1.97 bits per heavy atom. The number of rotatable bonds is 8. The maximum Gasteiger partial charge on any atom is 0.269 e. The number of ether oxygens (including phenoxy) is 2. The molecule has 0 aliphatic heterocycles. The first-order valence-corrected chi connectivity index (χ1v) is 11.0. The lowest BCUT2D eigenvalue weighted by molar-refractivity contribution is 0.0934. The Labute approximate surface area is 207 Å². The molecule has 180 valence electrons. The van der Waals surface area contributed by atoms with Crippen molar-refractivity contribution in [2.24, 2.45) is 0 Å². The monoisotopic (exact) mass is 492 g/mol. The van der Waals surface area contributed by atoms with E-state index in [9.17, 15) is 14.4 Å². The van der Waals surface area contributed by atoms with Crippen molar-refractivity contribution in [3.05, 3.63) is 95.6 Å². The summed E-state index contributed by atoms with van der Waals surface area (Å²) in [5, 5.41) is 5.17. The van der Waals surface area contributed by atoms with E-state index >= 15 is 0 Å². The second kappa shape index (κ2) is 12.8. The van der Waals surface area contributed by atoms with Crippen LogP contribution in [0.1, 0.15) is 31.1 Å². The topological polar surface area (TPSA) is 118 Å². The molecule has 3 aromatic carbocycles. The summed E-state index contributed by atoms with van der Waals surface area (Å²) in [6, 6.07) is 21.6. The normalized spacial score (nSPS) is 10.1. The summed E-state index contributed by atoms with van der Waals surface area (Å²) < 4.78 is 10.4. The highest BCUT2D eigenvalue weighted by Crippen LogP contribution is 2.13. The largest absolute Gasteiger partial charge is 0.491 e. The van der Waals surface area contributed by atoms with Crippen LogP contribution in [0.4, 0.5) is 5.69 Å². The highest BCUT2D eigenvalue weighted by molar-refractivity contribution is 7.80. The fourth-order valence-electron chi connectivity index (χ4n) is 2.84. The van der Waals surface area contributed by atoms with Gasteiger partial charge in [-0.25, -0.2) is 0 Å². The van der Waals surface area contributed by atoms with E-state index in [0.717, 1.165) is 0 Å². The van der Waals surface area contributed by atoms with Crippen LogP contribution in [-0.2, 0) is 4.74 Å². The molecule has 0 bridgehead atoms. The van der Waals surface area contributed by atoms with Gasteiger partial charge in [0.15, 0.2) is 5.11 Å². The van der Waals surface area contributed by atoms with Gasteiger partial charge in [-0.1, -0.05) is 18.2 Å². The number of anilines is 1. The van der Waals surface area contributed by atoms with Crippen LogP contribution in [0.2, 0.25) is 0 Å². The molecule has 3 aromatic rings. The van der Waals surface area contributed by atoms with Gasteiger partial charge in [-0.15, -0.1) is 0 Å². The first-order valence-electron chi connectivity index (χ1n) is 10.6. The van der Waals surface area contributed by atoms with Crippen molar-refractivity contribution in [2.75, 3.05) is 25.6 Å². The number of hydrazine groups is 1. The Balaban J connectivity index is 1.44. The van der Waals surface area contributed by atoms with Crippen LogP contribution in [0.25, 0.3) is 0 Å². The Hall–Kier alpha value is -4.28. The minimum atomic E-state index is -0.472. The highest BCUT2D eigenvalue weighted by atomic mass is 32.1. The second-order valence-corrected chi connectivity index (χ2v) is 7.53. The molecule has 10 heteroatoms. The first kappa shape index (κ1) is 25.3. The number of amides is 3. The predicted molar refractivity (Wildman–Crippen MR) is 135 cm³/mol. The maximum absolute atomic E-state index is 12.3. The molecule has 0 unspecified atom stereocenters. The predicted octanol–water partition coefficient (Wildman–Crippen LogP) is 2.91. The minimum Gasteiger partial charge on any atom is -0.491 e. The average Bonchev–Trinajstić information content (AvgIpc) is 2.88. The summed E-state index contributed by atoms with van der Waals surface area (Å²) in [4.78, 5) is 36.9. The van der Waals surface area contributed by atoms with Crippen molar-refractivity contribution < 1.29 is 23.9 Å². The first-order chi connectivity index (χ1) is 17.0. The molecular weight excluding hydrogens is 468 g/mol. The third-order valence-corrected chi connectivity index (χ3v) is 4.83. The zero-order chi connectivity index (χ0) is 25.0. The van der Waals surface area contributed by atoms with E-state index in [0.29, 0.717) is 41.3 Å². The molecule has 9 nitrogen and oxygen atoms in total. The Bertz CT molecular complexity index is 1170. The fraction of sp³-hybridized carbons (Fsp3) is 0.120. The summed E-state index contributed by atoms with van der Waals surface area (Å²) in [5.74, 6) is -0.560. The lowest BCUT2D eigenvalue weighted by Gasteiger charge is -2.12. The van der Waals surface area contributed by atoms with E-state index in [1.807, 2.05) is 6.07 Å². The molecule has 0 aliphatic rings. The quantitative estimate of drug-likeness (QED) is 0.217. The number of hydrogen-bond acceptors (Lipinski definition) is 6. The summed E-state index contributed by atoms with van der Waals surface area (Å²) in [6.45, 7) is 0.865. The molecule has 3 amide bonds. The van der Waals surface area contributed by atoms with Crippen molar-refractivity contribution in [1.29, 1.82) is 0 Å². The lowest BCUT2D eigenvalue weighted by atomic mass is 10.1. The van der Waals surface area contributed by atoms with Gasteiger partial charge in [-0.2, -0.15) is 0 Å². The fourth-order valence-corrected chi connectivity index (χ4v) is 2.98. The number of hydrogen-bond donors (Lipinski definition) is 4. The maximum atomic E-state index is 12.3. The van der Waals surface area contributed by atoms with Crippen molar-refractivity contribution in [2.45, 2.75) is 0 Å². The molecule has 35 heavy (non-hydrogen) atoms. The van der Waals surface area contributed by atoms with Crippen LogP contribution < -0.4 is 26.2 Å². The molecule has 0 aromatic heterocycles. The Kier molecular flexibility index (Phi) is 9.29. The van der Waals surface area contributed by atoms with Crippen LogP contribution in [0.3, 0.4) is 0 Å². The number of methoxy groups -OCH3 is 1. The second-order valence-electron chi connectivity index (χ2n) is 7.13. The van der Waals surface area contributed by atoms with Crippen molar-refractivity contribution >= 4 is 40.7 Å².